The van der Waals surface area contributed by atoms with Gasteiger partial charge in [0.2, 0.25) is 5.91 Å². The molecule has 1 fully saturated rings. The number of rotatable bonds is 9. The van der Waals surface area contributed by atoms with Gasteiger partial charge >= 0.3 is 11.7 Å². The number of imidazole rings is 1. The van der Waals surface area contributed by atoms with Crippen molar-refractivity contribution >= 4 is 28.7 Å². The quantitative estimate of drug-likeness (QED) is 0.306. The van der Waals surface area contributed by atoms with Crippen molar-refractivity contribution in [1.29, 1.82) is 0 Å². The number of ether oxygens (including phenoxy) is 1. The van der Waals surface area contributed by atoms with Crippen molar-refractivity contribution in [1.82, 2.24) is 24.0 Å². The normalized spacial score (nSPS) is 14.1. The Labute approximate surface area is 243 Å². The van der Waals surface area contributed by atoms with E-state index in [1.807, 2.05) is 25.1 Å². The van der Waals surface area contributed by atoms with Gasteiger partial charge in [-0.05, 0) is 55.5 Å². The molecule has 5 rings (SSSR count). The predicted molar refractivity (Wildman–Crippen MR) is 160 cm³/mol. The van der Waals surface area contributed by atoms with E-state index in [1.54, 1.807) is 35.9 Å². The average Bonchev–Trinajstić information content (AvgIpc) is 3.44. The smallest absolute Gasteiger partial charge is 0.338 e. The molecule has 0 radical (unpaired) electrons. The Morgan fingerprint density at radius 1 is 0.976 bits per heavy atom. The number of hydrogen-bond acceptors (Lipinski definition) is 7. The highest BCUT2D eigenvalue weighted by atomic mass is 16.5. The number of fused-ring (bicyclic) bond motifs is 1. The van der Waals surface area contributed by atoms with Crippen LogP contribution < -0.4 is 21.5 Å². The third-order valence-electron chi connectivity index (χ3n) is 7.82. The second-order valence-electron chi connectivity index (χ2n) is 10.5. The molecule has 1 aliphatic rings. The van der Waals surface area contributed by atoms with Gasteiger partial charge in [0.1, 0.15) is 6.61 Å². The van der Waals surface area contributed by atoms with Gasteiger partial charge in [-0.2, -0.15) is 0 Å². The third kappa shape index (κ3) is 5.59. The number of aromatic nitrogens is 4. The highest BCUT2D eigenvalue weighted by Gasteiger charge is 2.27. The van der Waals surface area contributed by atoms with Gasteiger partial charge in [-0.3, -0.25) is 18.7 Å². The van der Waals surface area contributed by atoms with Crippen molar-refractivity contribution in [2.75, 3.05) is 31.1 Å². The number of hydrogen-bond donors (Lipinski definition) is 1. The van der Waals surface area contributed by atoms with Crippen molar-refractivity contribution in [2.24, 2.45) is 14.1 Å². The molecule has 11 heteroatoms. The fourth-order valence-corrected chi connectivity index (χ4v) is 5.60. The van der Waals surface area contributed by atoms with Crippen LogP contribution in [0.2, 0.25) is 0 Å². The van der Waals surface area contributed by atoms with Crippen LogP contribution in [-0.2, 0) is 30.2 Å². The van der Waals surface area contributed by atoms with E-state index in [2.05, 4.69) is 21.3 Å². The maximum absolute atomic E-state index is 13.4. The minimum Gasteiger partial charge on any atom is -0.460 e. The first-order chi connectivity index (χ1) is 20.3. The van der Waals surface area contributed by atoms with E-state index in [4.69, 9.17) is 4.74 Å². The summed E-state index contributed by atoms with van der Waals surface area (Å²) < 4.78 is 9.39. The van der Waals surface area contributed by atoms with E-state index in [0.717, 1.165) is 47.3 Å². The maximum Gasteiger partial charge on any atom is 0.338 e. The number of piperidine rings is 1. The molecule has 1 aliphatic heterocycles. The van der Waals surface area contributed by atoms with Crippen molar-refractivity contribution in [2.45, 2.75) is 38.6 Å². The highest BCUT2D eigenvalue weighted by Crippen LogP contribution is 2.34. The highest BCUT2D eigenvalue weighted by molar-refractivity contribution is 5.91. The van der Waals surface area contributed by atoms with Gasteiger partial charge in [-0.1, -0.05) is 30.3 Å². The fourth-order valence-electron chi connectivity index (χ4n) is 5.60. The number of para-hydroxylation sites is 1. The number of amides is 1. The number of carbonyl (C=O) groups is 2. The SMILES string of the molecule is CCNC(=O)C(c1ccc(C(=O)OCCn2cnc3c2c(=O)n(C)c(=O)n3C)cc1)c1ccccc1N1CCCCC1. The summed E-state index contributed by atoms with van der Waals surface area (Å²) in [6, 6.07) is 15.0. The standard InChI is InChI=1S/C31H36N6O5/c1-4-32-28(38)25(23-10-6-7-11-24(23)36-16-8-5-9-17-36)21-12-14-22(15-13-21)30(40)42-19-18-37-20-33-27-26(37)29(39)35(3)31(41)34(27)2/h6-7,10-15,20,25H,4-5,8-9,16-19H2,1-3H3,(H,32,38). The van der Waals surface area contributed by atoms with Crippen LogP contribution in [0.15, 0.2) is 64.4 Å². The van der Waals surface area contributed by atoms with Crippen LogP contribution in [0.25, 0.3) is 11.2 Å². The Morgan fingerprint density at radius 2 is 1.69 bits per heavy atom. The zero-order valence-corrected chi connectivity index (χ0v) is 24.2. The lowest BCUT2D eigenvalue weighted by Gasteiger charge is -2.32. The van der Waals surface area contributed by atoms with E-state index in [1.165, 1.54) is 24.4 Å². The molecule has 1 amide bonds. The second kappa shape index (κ2) is 12.5. The van der Waals surface area contributed by atoms with E-state index in [-0.39, 0.29) is 30.2 Å². The summed E-state index contributed by atoms with van der Waals surface area (Å²) in [4.78, 5) is 57.6. The topological polar surface area (TPSA) is 120 Å². The second-order valence-corrected chi connectivity index (χ2v) is 10.5. The lowest BCUT2D eigenvalue weighted by Crippen LogP contribution is -2.37. The molecular weight excluding hydrogens is 536 g/mol. The van der Waals surface area contributed by atoms with Crippen LogP contribution in [-0.4, -0.2) is 56.8 Å². The minimum atomic E-state index is -0.527. The van der Waals surface area contributed by atoms with E-state index < -0.39 is 23.1 Å². The van der Waals surface area contributed by atoms with Crippen molar-refractivity contribution in [3.63, 3.8) is 0 Å². The Kier molecular flexibility index (Phi) is 8.56. The van der Waals surface area contributed by atoms with Gasteiger partial charge in [-0.25, -0.2) is 14.6 Å². The van der Waals surface area contributed by atoms with Crippen molar-refractivity contribution in [3.05, 3.63) is 92.4 Å². The van der Waals surface area contributed by atoms with Crippen molar-refractivity contribution < 1.29 is 14.3 Å². The molecule has 3 heterocycles. The van der Waals surface area contributed by atoms with E-state index in [9.17, 15) is 19.2 Å². The van der Waals surface area contributed by atoms with Gasteiger partial charge in [0.25, 0.3) is 5.56 Å². The zero-order chi connectivity index (χ0) is 29.8. The minimum absolute atomic E-state index is 0.00276. The molecule has 0 saturated carbocycles. The molecule has 1 N–H and O–H groups in total. The lowest BCUT2D eigenvalue weighted by molar-refractivity contribution is -0.121. The Balaban J connectivity index is 1.33. The number of aryl methyl sites for hydroxylation is 1. The van der Waals surface area contributed by atoms with Crippen LogP contribution in [0.1, 0.15) is 53.6 Å². The summed E-state index contributed by atoms with van der Waals surface area (Å²) >= 11 is 0. The number of carbonyl (C=O) groups excluding carboxylic acids is 2. The number of esters is 1. The van der Waals surface area contributed by atoms with Crippen LogP contribution in [0.5, 0.6) is 0 Å². The van der Waals surface area contributed by atoms with Crippen molar-refractivity contribution in [3.8, 4) is 0 Å². The molecule has 2 aromatic carbocycles. The Bertz CT molecular complexity index is 1710. The number of likely N-dealkylation sites (N-methyl/N-ethyl adjacent to an activating group) is 1. The molecule has 4 aromatic rings. The van der Waals surface area contributed by atoms with Crippen LogP contribution >= 0.6 is 0 Å². The molecule has 0 aliphatic carbocycles. The third-order valence-corrected chi connectivity index (χ3v) is 7.82. The zero-order valence-electron chi connectivity index (χ0n) is 24.2. The van der Waals surface area contributed by atoms with Gasteiger partial charge in [-0.15, -0.1) is 0 Å². The monoisotopic (exact) mass is 572 g/mol. The van der Waals surface area contributed by atoms with Gasteiger partial charge in [0.05, 0.1) is 24.4 Å². The molecule has 1 unspecified atom stereocenters. The Morgan fingerprint density at radius 3 is 2.40 bits per heavy atom. The van der Waals surface area contributed by atoms with Crippen LogP contribution in [0, 0.1) is 0 Å². The lowest BCUT2D eigenvalue weighted by atomic mass is 9.88. The number of anilines is 1. The molecule has 1 atom stereocenters. The number of nitrogens with one attached hydrogen (secondary N) is 1. The largest absolute Gasteiger partial charge is 0.460 e. The molecule has 2 aromatic heterocycles. The summed E-state index contributed by atoms with van der Waals surface area (Å²) in [6.45, 7) is 4.54. The molecule has 1 saturated heterocycles. The Hall–Kier alpha value is -4.67. The molecule has 0 spiro atoms. The van der Waals surface area contributed by atoms with Gasteiger partial charge in [0, 0.05) is 39.4 Å². The van der Waals surface area contributed by atoms with Gasteiger partial charge in [0.15, 0.2) is 11.2 Å². The number of nitrogens with zero attached hydrogens (tertiary/aromatic N) is 5. The average molecular weight is 573 g/mol. The summed E-state index contributed by atoms with van der Waals surface area (Å²) in [5.74, 6) is -1.13. The maximum atomic E-state index is 13.4. The molecular formula is C31H36N6O5. The molecule has 42 heavy (non-hydrogen) atoms. The van der Waals surface area contributed by atoms with E-state index >= 15 is 0 Å². The molecule has 220 valence electrons. The molecule has 0 bridgehead atoms. The first kappa shape index (κ1) is 28.8. The van der Waals surface area contributed by atoms with E-state index in [0.29, 0.717) is 12.1 Å². The first-order valence-corrected chi connectivity index (χ1v) is 14.3. The van der Waals surface area contributed by atoms with Gasteiger partial charge < -0.3 is 19.5 Å². The van der Waals surface area contributed by atoms with Crippen LogP contribution in [0.4, 0.5) is 5.69 Å². The predicted octanol–water partition coefficient (Wildman–Crippen LogP) is 2.55. The first-order valence-electron chi connectivity index (χ1n) is 14.3. The number of benzene rings is 2. The fraction of sp³-hybridized carbons (Fsp3) is 0.387. The molecule has 11 nitrogen and oxygen atoms in total. The summed E-state index contributed by atoms with van der Waals surface area (Å²) in [7, 11) is 2.96. The summed E-state index contributed by atoms with van der Waals surface area (Å²) in [5.41, 5.74) is 2.76. The summed E-state index contributed by atoms with van der Waals surface area (Å²) in [5, 5.41) is 2.98. The van der Waals surface area contributed by atoms with Crippen LogP contribution in [0.3, 0.4) is 0 Å². The summed E-state index contributed by atoms with van der Waals surface area (Å²) in [6.07, 6.45) is 4.93.